The highest BCUT2D eigenvalue weighted by Gasteiger charge is 2.48. The Labute approximate surface area is 196 Å². The van der Waals surface area contributed by atoms with Gasteiger partial charge in [0.2, 0.25) is 0 Å². The van der Waals surface area contributed by atoms with Gasteiger partial charge in [0.25, 0.3) is 0 Å². The van der Waals surface area contributed by atoms with E-state index in [9.17, 15) is 23.1 Å². The van der Waals surface area contributed by atoms with Crippen molar-refractivity contribution in [3.8, 4) is 0 Å². The molecule has 2 heterocycles. The molecule has 0 spiro atoms. The Morgan fingerprint density at radius 3 is 2.56 bits per heavy atom. The number of rotatable bonds is 4. The van der Waals surface area contributed by atoms with Gasteiger partial charge in [0, 0.05) is 31.4 Å². The van der Waals surface area contributed by atoms with Gasteiger partial charge in [0.15, 0.2) is 9.84 Å². The zero-order valence-electron chi connectivity index (χ0n) is 18.0. The smallest absolute Gasteiger partial charge is 0.334 e. The van der Waals surface area contributed by atoms with Crippen LogP contribution >= 0.6 is 23.2 Å². The first kappa shape index (κ1) is 24.6. The Bertz CT molecular complexity index is 1140. The summed E-state index contributed by atoms with van der Waals surface area (Å²) >= 11 is 12.6. The van der Waals surface area contributed by atoms with Crippen molar-refractivity contribution in [1.82, 2.24) is 10.2 Å². The number of aliphatic carboxylic acids is 1. The van der Waals surface area contributed by atoms with Crippen LogP contribution in [-0.2, 0) is 24.2 Å². The van der Waals surface area contributed by atoms with Crippen LogP contribution < -0.4 is 5.32 Å². The lowest BCUT2D eigenvalue weighted by atomic mass is 9.86. The van der Waals surface area contributed by atoms with Crippen LogP contribution in [0.1, 0.15) is 32.3 Å². The molecular formula is C21H24Cl2N2O6S. The number of esters is 1. The number of allylic oxidation sites excluding steroid dienone is 2. The van der Waals surface area contributed by atoms with E-state index in [1.54, 1.807) is 37.1 Å². The molecule has 1 aromatic rings. The first-order valence-electron chi connectivity index (χ1n) is 9.84. The zero-order chi connectivity index (χ0) is 24.0. The molecule has 0 aromatic heterocycles. The number of carbonyl (C=O) groups excluding carboxylic acids is 1. The SMILES string of the molecule is CC(=O)OC(C)C1CN(C)CC2=C(C(c3cccc(Cl)c3Cl)C(C(=O)O)=C(C)N2)S1(=O)=O. The normalized spacial score (nSPS) is 24.3. The number of nitrogens with zero attached hydrogens (tertiary/aromatic N) is 1. The summed E-state index contributed by atoms with van der Waals surface area (Å²) in [5.74, 6) is -3.06. The molecule has 0 amide bonds. The molecule has 3 atom stereocenters. The lowest BCUT2D eigenvalue weighted by molar-refractivity contribution is -0.145. The Morgan fingerprint density at radius 2 is 1.97 bits per heavy atom. The Balaban J connectivity index is 2.31. The highest BCUT2D eigenvalue weighted by atomic mass is 35.5. The molecule has 2 aliphatic heterocycles. The second-order valence-corrected chi connectivity index (χ2v) is 10.9. The van der Waals surface area contributed by atoms with Crippen LogP contribution in [0.5, 0.6) is 0 Å². The van der Waals surface area contributed by atoms with Gasteiger partial charge in [-0.25, -0.2) is 13.2 Å². The molecule has 11 heteroatoms. The number of nitrogens with one attached hydrogen (secondary N) is 1. The second-order valence-electron chi connectivity index (χ2n) is 7.98. The van der Waals surface area contributed by atoms with Gasteiger partial charge in [0.1, 0.15) is 11.4 Å². The Kier molecular flexibility index (Phi) is 6.95. The highest BCUT2D eigenvalue weighted by Crippen LogP contribution is 2.46. The molecule has 0 saturated carbocycles. The lowest BCUT2D eigenvalue weighted by Crippen LogP contribution is -2.43. The average molecular weight is 503 g/mol. The topological polar surface area (TPSA) is 113 Å². The first-order chi connectivity index (χ1) is 14.9. The van der Waals surface area contributed by atoms with Gasteiger partial charge in [-0.2, -0.15) is 0 Å². The van der Waals surface area contributed by atoms with Crippen LogP contribution in [0.2, 0.25) is 10.0 Å². The molecule has 8 nitrogen and oxygen atoms in total. The van der Waals surface area contributed by atoms with E-state index < -0.39 is 39.0 Å². The van der Waals surface area contributed by atoms with Crippen molar-refractivity contribution in [2.75, 3.05) is 20.1 Å². The fourth-order valence-electron chi connectivity index (χ4n) is 4.30. The number of dihydropyridines is 1. The second kappa shape index (κ2) is 9.05. The van der Waals surface area contributed by atoms with Crippen molar-refractivity contribution in [2.45, 2.75) is 38.0 Å². The van der Waals surface area contributed by atoms with Gasteiger partial charge in [-0.3, -0.25) is 9.69 Å². The van der Waals surface area contributed by atoms with E-state index in [-0.39, 0.29) is 39.2 Å². The number of carbonyl (C=O) groups is 2. The molecule has 1 aromatic carbocycles. The van der Waals surface area contributed by atoms with E-state index in [0.29, 0.717) is 11.4 Å². The molecular weight excluding hydrogens is 479 g/mol. The predicted molar refractivity (Wildman–Crippen MR) is 121 cm³/mol. The number of sulfone groups is 1. The molecule has 0 fully saturated rings. The monoisotopic (exact) mass is 502 g/mol. The molecule has 2 aliphatic rings. The van der Waals surface area contributed by atoms with E-state index in [1.165, 1.54) is 13.8 Å². The van der Waals surface area contributed by atoms with Gasteiger partial charge in [-0.1, -0.05) is 35.3 Å². The summed E-state index contributed by atoms with van der Waals surface area (Å²) in [6.45, 7) is 4.61. The number of benzene rings is 1. The molecule has 3 rings (SSSR count). The van der Waals surface area contributed by atoms with Gasteiger partial charge < -0.3 is 15.2 Å². The van der Waals surface area contributed by atoms with E-state index in [4.69, 9.17) is 27.9 Å². The number of hydrogen-bond donors (Lipinski definition) is 2. The third kappa shape index (κ3) is 4.39. The number of carboxylic acid groups (broad SMARTS) is 1. The van der Waals surface area contributed by atoms with Crippen LogP contribution in [0.25, 0.3) is 0 Å². The van der Waals surface area contributed by atoms with Gasteiger partial charge in [-0.05, 0) is 32.5 Å². The third-order valence-corrected chi connectivity index (χ3v) is 8.87. The molecule has 0 bridgehead atoms. The summed E-state index contributed by atoms with van der Waals surface area (Å²) in [6, 6.07) is 4.70. The van der Waals surface area contributed by atoms with Crippen molar-refractivity contribution in [2.24, 2.45) is 0 Å². The molecule has 3 unspecified atom stereocenters. The molecule has 0 radical (unpaired) electrons. The van der Waals surface area contributed by atoms with Crippen LogP contribution in [0.15, 0.2) is 40.1 Å². The van der Waals surface area contributed by atoms with Crippen LogP contribution in [0.4, 0.5) is 0 Å². The maximum absolute atomic E-state index is 14.0. The number of ether oxygens (including phenoxy) is 1. The number of likely N-dealkylation sites (N-methyl/N-ethyl adjacent to an activating group) is 1. The summed E-state index contributed by atoms with van der Waals surface area (Å²) in [7, 11) is -2.41. The van der Waals surface area contributed by atoms with E-state index >= 15 is 0 Å². The predicted octanol–water partition coefficient (Wildman–Crippen LogP) is 2.93. The number of halogens is 2. The summed E-state index contributed by atoms with van der Waals surface area (Å²) in [5, 5.41) is 12.1. The molecule has 32 heavy (non-hydrogen) atoms. The summed E-state index contributed by atoms with van der Waals surface area (Å²) in [5.41, 5.74) is 0.804. The van der Waals surface area contributed by atoms with Crippen molar-refractivity contribution in [3.63, 3.8) is 0 Å². The van der Waals surface area contributed by atoms with Crippen LogP contribution in [-0.4, -0.2) is 61.9 Å². The van der Waals surface area contributed by atoms with Gasteiger partial charge in [-0.15, -0.1) is 0 Å². The summed E-state index contributed by atoms with van der Waals surface area (Å²) in [6.07, 6.45) is -0.956. The van der Waals surface area contributed by atoms with Gasteiger partial charge in [0.05, 0.1) is 26.4 Å². The minimum atomic E-state index is -4.16. The standard InChI is InChI=1S/C21H24Cl2N2O6S/c1-10-17(21(27)28)18(13-6-5-7-14(22)19(13)23)20-15(24-10)8-25(4)9-16(32(20,29)30)11(2)31-12(3)26/h5-7,11,16,18,24H,8-9H2,1-4H3,(H,27,28). The van der Waals surface area contributed by atoms with Crippen LogP contribution in [0.3, 0.4) is 0 Å². The minimum Gasteiger partial charge on any atom is -0.478 e. The Hall–Kier alpha value is -2.07. The molecule has 2 N–H and O–H groups in total. The van der Waals surface area contributed by atoms with Crippen LogP contribution in [0, 0.1) is 0 Å². The highest BCUT2D eigenvalue weighted by molar-refractivity contribution is 7.96. The molecule has 174 valence electrons. The van der Waals surface area contributed by atoms with E-state index in [0.717, 1.165) is 0 Å². The lowest BCUT2D eigenvalue weighted by Gasteiger charge is -2.32. The largest absolute Gasteiger partial charge is 0.478 e. The fourth-order valence-corrected chi connectivity index (χ4v) is 7.08. The van der Waals surface area contributed by atoms with Crippen molar-refractivity contribution < 1.29 is 27.9 Å². The Morgan fingerprint density at radius 1 is 1.31 bits per heavy atom. The molecule has 0 aliphatic carbocycles. The fraction of sp³-hybridized carbons (Fsp3) is 0.429. The van der Waals surface area contributed by atoms with Gasteiger partial charge >= 0.3 is 11.9 Å². The first-order valence-corrected chi connectivity index (χ1v) is 12.1. The zero-order valence-corrected chi connectivity index (χ0v) is 20.3. The summed E-state index contributed by atoms with van der Waals surface area (Å²) < 4.78 is 33.2. The number of hydrogen-bond acceptors (Lipinski definition) is 7. The maximum atomic E-state index is 14.0. The average Bonchev–Trinajstić information content (AvgIpc) is 2.75. The molecule has 0 saturated heterocycles. The maximum Gasteiger partial charge on any atom is 0.334 e. The van der Waals surface area contributed by atoms with E-state index in [2.05, 4.69) is 5.32 Å². The number of carboxylic acids is 1. The van der Waals surface area contributed by atoms with Crippen molar-refractivity contribution in [1.29, 1.82) is 0 Å². The minimum absolute atomic E-state index is 0.0804. The van der Waals surface area contributed by atoms with Crippen molar-refractivity contribution >= 4 is 45.0 Å². The third-order valence-electron chi connectivity index (χ3n) is 5.61. The van der Waals surface area contributed by atoms with E-state index in [1.807, 2.05) is 0 Å². The summed E-state index contributed by atoms with van der Waals surface area (Å²) in [4.78, 5) is 25.5. The van der Waals surface area contributed by atoms with Crippen molar-refractivity contribution in [3.05, 3.63) is 55.7 Å². The quantitative estimate of drug-likeness (QED) is 0.604.